The molecule has 0 bridgehead atoms. The quantitative estimate of drug-likeness (QED) is 0.685. The second-order valence-corrected chi connectivity index (χ2v) is 7.26. The first-order valence-electron chi connectivity index (χ1n) is 9.28. The molecule has 0 aliphatic carbocycles. The standard InChI is InChI=1S/C22H23N3O2/c1-14-8-9-17(12-16(14)3)21-23-22(27-24-21)19-10-11-20(26)25(19)13-18-7-5-4-6-15(18)2/h4-9,12,19H,10-11,13H2,1-3H3. The molecule has 0 N–H and O–H groups in total. The van der Waals surface area contributed by atoms with Crippen LogP contribution < -0.4 is 0 Å². The fourth-order valence-electron chi connectivity index (χ4n) is 3.53. The number of hydrogen-bond acceptors (Lipinski definition) is 4. The van der Waals surface area contributed by atoms with Crippen molar-refractivity contribution in [3.8, 4) is 11.4 Å². The minimum Gasteiger partial charge on any atom is -0.337 e. The molecule has 0 spiro atoms. The summed E-state index contributed by atoms with van der Waals surface area (Å²) in [4.78, 5) is 18.9. The van der Waals surface area contributed by atoms with Crippen molar-refractivity contribution < 1.29 is 9.32 Å². The lowest BCUT2D eigenvalue weighted by atomic mass is 10.1. The second-order valence-electron chi connectivity index (χ2n) is 7.26. The fourth-order valence-corrected chi connectivity index (χ4v) is 3.53. The number of rotatable bonds is 4. The van der Waals surface area contributed by atoms with E-state index in [1.807, 2.05) is 23.1 Å². The van der Waals surface area contributed by atoms with E-state index in [1.165, 1.54) is 16.7 Å². The fraction of sp³-hybridized carbons (Fsp3) is 0.318. The van der Waals surface area contributed by atoms with Gasteiger partial charge >= 0.3 is 0 Å². The van der Waals surface area contributed by atoms with Crippen LogP contribution in [0, 0.1) is 20.8 Å². The number of nitrogens with zero attached hydrogens (tertiary/aromatic N) is 3. The van der Waals surface area contributed by atoms with Gasteiger partial charge in [0.05, 0.1) is 0 Å². The van der Waals surface area contributed by atoms with Crippen LogP contribution in [0.5, 0.6) is 0 Å². The molecule has 1 saturated heterocycles. The van der Waals surface area contributed by atoms with E-state index in [1.54, 1.807) is 0 Å². The van der Waals surface area contributed by atoms with Crippen LogP contribution in [0.1, 0.15) is 47.0 Å². The molecule has 4 rings (SSSR count). The molecule has 1 aliphatic rings. The highest BCUT2D eigenvalue weighted by molar-refractivity contribution is 5.79. The number of aryl methyl sites for hydroxylation is 3. The highest BCUT2D eigenvalue weighted by Crippen LogP contribution is 2.34. The first kappa shape index (κ1) is 17.5. The van der Waals surface area contributed by atoms with E-state index in [2.05, 4.69) is 55.2 Å². The average molecular weight is 361 g/mol. The van der Waals surface area contributed by atoms with Crippen molar-refractivity contribution in [1.82, 2.24) is 15.0 Å². The Labute approximate surface area is 159 Å². The van der Waals surface area contributed by atoms with E-state index in [4.69, 9.17) is 4.52 Å². The van der Waals surface area contributed by atoms with Crippen LogP contribution in [0.4, 0.5) is 0 Å². The summed E-state index contributed by atoms with van der Waals surface area (Å²) >= 11 is 0. The summed E-state index contributed by atoms with van der Waals surface area (Å²) in [6.07, 6.45) is 1.22. The molecule has 138 valence electrons. The van der Waals surface area contributed by atoms with Gasteiger partial charge in [0.15, 0.2) is 0 Å². The van der Waals surface area contributed by atoms with Crippen molar-refractivity contribution in [3.63, 3.8) is 0 Å². The molecule has 1 aromatic heterocycles. The van der Waals surface area contributed by atoms with E-state index in [9.17, 15) is 4.79 Å². The smallest absolute Gasteiger partial charge is 0.249 e. The lowest BCUT2D eigenvalue weighted by molar-refractivity contribution is -0.130. The predicted molar refractivity (Wildman–Crippen MR) is 103 cm³/mol. The zero-order chi connectivity index (χ0) is 19.0. The maximum absolute atomic E-state index is 12.5. The first-order valence-corrected chi connectivity index (χ1v) is 9.28. The van der Waals surface area contributed by atoms with Crippen molar-refractivity contribution >= 4 is 5.91 Å². The van der Waals surface area contributed by atoms with Gasteiger partial charge in [-0.15, -0.1) is 0 Å². The molecule has 1 fully saturated rings. The minimum atomic E-state index is -0.162. The highest BCUT2D eigenvalue weighted by atomic mass is 16.5. The van der Waals surface area contributed by atoms with Gasteiger partial charge in [-0.1, -0.05) is 41.6 Å². The Kier molecular flexibility index (Phi) is 4.52. The molecule has 1 unspecified atom stereocenters. The van der Waals surface area contributed by atoms with Gasteiger partial charge in [-0.3, -0.25) is 4.79 Å². The number of likely N-dealkylation sites (tertiary alicyclic amines) is 1. The van der Waals surface area contributed by atoms with Crippen molar-refractivity contribution in [1.29, 1.82) is 0 Å². The Morgan fingerprint density at radius 1 is 1.07 bits per heavy atom. The molecule has 2 heterocycles. The zero-order valence-electron chi connectivity index (χ0n) is 15.9. The number of carbonyl (C=O) groups is 1. The largest absolute Gasteiger partial charge is 0.337 e. The molecule has 2 aromatic carbocycles. The monoisotopic (exact) mass is 361 g/mol. The van der Waals surface area contributed by atoms with E-state index in [-0.39, 0.29) is 11.9 Å². The van der Waals surface area contributed by atoms with Gasteiger partial charge in [0.1, 0.15) is 6.04 Å². The lowest BCUT2D eigenvalue weighted by Gasteiger charge is -2.23. The number of benzene rings is 2. The van der Waals surface area contributed by atoms with Crippen LogP contribution >= 0.6 is 0 Å². The highest BCUT2D eigenvalue weighted by Gasteiger charge is 2.36. The number of carbonyl (C=O) groups excluding carboxylic acids is 1. The molecule has 1 aliphatic heterocycles. The van der Waals surface area contributed by atoms with Crippen molar-refractivity contribution in [2.75, 3.05) is 0 Å². The third-order valence-electron chi connectivity index (χ3n) is 5.42. The summed E-state index contributed by atoms with van der Waals surface area (Å²) in [7, 11) is 0. The van der Waals surface area contributed by atoms with Gasteiger partial charge in [-0.05, 0) is 55.5 Å². The van der Waals surface area contributed by atoms with Crippen LogP contribution in [0.25, 0.3) is 11.4 Å². The molecule has 27 heavy (non-hydrogen) atoms. The third-order valence-corrected chi connectivity index (χ3v) is 5.42. The normalized spacial score (nSPS) is 16.9. The van der Waals surface area contributed by atoms with Gasteiger partial charge in [0.25, 0.3) is 0 Å². The molecule has 1 atom stereocenters. The van der Waals surface area contributed by atoms with Crippen LogP contribution in [-0.4, -0.2) is 20.9 Å². The SMILES string of the molecule is Cc1ccc(-c2noc(C3CCC(=O)N3Cc3ccccc3C)n2)cc1C. The Bertz CT molecular complexity index is 993. The molecule has 3 aromatic rings. The number of aromatic nitrogens is 2. The molecule has 5 nitrogen and oxygen atoms in total. The summed E-state index contributed by atoms with van der Waals surface area (Å²) in [6, 6.07) is 14.1. The van der Waals surface area contributed by atoms with Crippen LogP contribution in [0.15, 0.2) is 47.0 Å². The van der Waals surface area contributed by atoms with Crippen LogP contribution in [0.2, 0.25) is 0 Å². The zero-order valence-corrected chi connectivity index (χ0v) is 15.9. The van der Waals surface area contributed by atoms with Crippen molar-refractivity contribution in [2.24, 2.45) is 0 Å². The average Bonchev–Trinajstić information content (AvgIpc) is 3.27. The number of hydrogen-bond donors (Lipinski definition) is 0. The summed E-state index contributed by atoms with van der Waals surface area (Å²) in [5.41, 5.74) is 5.68. The lowest BCUT2D eigenvalue weighted by Crippen LogP contribution is -2.27. The minimum absolute atomic E-state index is 0.134. The maximum Gasteiger partial charge on any atom is 0.249 e. The van der Waals surface area contributed by atoms with Crippen molar-refractivity contribution in [2.45, 2.75) is 46.2 Å². The van der Waals surface area contributed by atoms with Gasteiger partial charge < -0.3 is 9.42 Å². The van der Waals surface area contributed by atoms with Crippen molar-refractivity contribution in [3.05, 3.63) is 70.6 Å². The molecular formula is C22H23N3O2. The van der Waals surface area contributed by atoms with Gasteiger partial charge in [-0.2, -0.15) is 4.98 Å². The number of amides is 1. The second kappa shape index (κ2) is 6.99. The van der Waals surface area contributed by atoms with E-state index in [0.717, 1.165) is 11.1 Å². The molecule has 1 amide bonds. The Morgan fingerprint density at radius 3 is 2.67 bits per heavy atom. The molecular weight excluding hydrogens is 338 g/mol. The molecule has 5 heteroatoms. The van der Waals surface area contributed by atoms with Crippen LogP contribution in [0.3, 0.4) is 0 Å². The van der Waals surface area contributed by atoms with Gasteiger partial charge in [0, 0.05) is 18.5 Å². The Hall–Kier alpha value is -2.95. The molecule has 0 radical (unpaired) electrons. The summed E-state index contributed by atoms with van der Waals surface area (Å²) in [5.74, 6) is 1.22. The van der Waals surface area contributed by atoms with E-state index in [0.29, 0.717) is 31.1 Å². The van der Waals surface area contributed by atoms with E-state index < -0.39 is 0 Å². The third kappa shape index (κ3) is 3.37. The Balaban J connectivity index is 1.60. The Morgan fingerprint density at radius 2 is 1.89 bits per heavy atom. The first-order chi connectivity index (χ1) is 13.0. The molecule has 0 saturated carbocycles. The van der Waals surface area contributed by atoms with Gasteiger partial charge in [-0.25, -0.2) is 0 Å². The maximum atomic E-state index is 12.5. The topological polar surface area (TPSA) is 59.2 Å². The summed E-state index contributed by atoms with van der Waals surface area (Å²) in [5, 5.41) is 4.16. The van der Waals surface area contributed by atoms with E-state index >= 15 is 0 Å². The summed E-state index contributed by atoms with van der Waals surface area (Å²) in [6.45, 7) is 6.78. The predicted octanol–water partition coefficient (Wildman–Crippen LogP) is 4.53. The van der Waals surface area contributed by atoms with Gasteiger partial charge in [0.2, 0.25) is 17.6 Å². The van der Waals surface area contributed by atoms with Crippen LogP contribution in [-0.2, 0) is 11.3 Å². The summed E-state index contributed by atoms with van der Waals surface area (Å²) < 4.78 is 5.56.